The number of aromatic nitrogens is 1. The monoisotopic (exact) mass is 393 g/mol. The van der Waals surface area contributed by atoms with Crippen LogP contribution in [-0.2, 0) is 21.5 Å². The van der Waals surface area contributed by atoms with Gasteiger partial charge in [-0.15, -0.1) is 0 Å². The van der Waals surface area contributed by atoms with Crippen LogP contribution >= 0.6 is 11.6 Å². The van der Waals surface area contributed by atoms with Gasteiger partial charge in [-0.2, -0.15) is 0 Å². The summed E-state index contributed by atoms with van der Waals surface area (Å²) < 4.78 is 0. The van der Waals surface area contributed by atoms with E-state index in [1.54, 1.807) is 16.8 Å². The van der Waals surface area contributed by atoms with Gasteiger partial charge in [0.05, 0.1) is 5.69 Å². The Morgan fingerprint density at radius 3 is 2.82 bits per heavy atom. The summed E-state index contributed by atoms with van der Waals surface area (Å²) >= 11 is 6.25. The minimum absolute atomic E-state index is 0.0270. The highest BCUT2D eigenvalue weighted by molar-refractivity contribution is 6.31. The lowest BCUT2D eigenvalue weighted by Gasteiger charge is -2.43. The number of likely N-dealkylation sites (N-methyl/N-ethyl adjacent to an activating group) is 1. The first kappa shape index (κ1) is 17.3. The Hall–Kier alpha value is -2.79. The first-order valence-electron chi connectivity index (χ1n) is 9.48. The van der Waals surface area contributed by atoms with Gasteiger partial charge in [-0.3, -0.25) is 9.59 Å². The van der Waals surface area contributed by atoms with E-state index in [4.69, 9.17) is 11.6 Å². The SMILES string of the molecule is CCC(=O)N1CCc2c([nH]c3ccc(Cl)cc23)[C@]12C(=O)N(C)c1ccccc12. The number of amides is 2. The van der Waals surface area contributed by atoms with E-state index in [1.165, 1.54) is 0 Å². The molecule has 2 amide bonds. The third kappa shape index (κ3) is 1.97. The molecule has 1 N–H and O–H groups in total. The fourth-order valence-electron chi connectivity index (χ4n) is 4.86. The van der Waals surface area contributed by atoms with Gasteiger partial charge in [0, 0.05) is 47.2 Å². The van der Waals surface area contributed by atoms with Crippen molar-refractivity contribution in [3.63, 3.8) is 0 Å². The van der Waals surface area contributed by atoms with Crippen LogP contribution in [0, 0.1) is 0 Å². The number of nitrogens with zero attached hydrogens (tertiary/aromatic N) is 2. The molecule has 2 aliphatic rings. The second kappa shape index (κ2) is 5.85. The summed E-state index contributed by atoms with van der Waals surface area (Å²) in [6.45, 7) is 2.33. The second-order valence-corrected chi connectivity index (χ2v) is 7.85. The van der Waals surface area contributed by atoms with E-state index in [1.807, 2.05) is 49.4 Å². The number of carbonyl (C=O) groups excluding carboxylic acids is 2. The highest BCUT2D eigenvalue weighted by Crippen LogP contribution is 2.51. The number of H-pyrrole nitrogens is 1. The molecule has 3 heterocycles. The third-order valence-electron chi connectivity index (χ3n) is 6.09. The number of halogens is 1. The zero-order valence-corrected chi connectivity index (χ0v) is 16.5. The average molecular weight is 394 g/mol. The summed E-state index contributed by atoms with van der Waals surface area (Å²) in [6, 6.07) is 13.4. The van der Waals surface area contributed by atoms with Crippen LogP contribution in [-0.4, -0.2) is 35.3 Å². The van der Waals surface area contributed by atoms with Crippen molar-refractivity contribution in [2.24, 2.45) is 0 Å². The van der Waals surface area contributed by atoms with Crippen molar-refractivity contribution in [2.45, 2.75) is 25.3 Å². The highest BCUT2D eigenvalue weighted by atomic mass is 35.5. The van der Waals surface area contributed by atoms with Gasteiger partial charge in [0.15, 0.2) is 5.54 Å². The molecule has 28 heavy (non-hydrogen) atoms. The van der Waals surface area contributed by atoms with Gasteiger partial charge in [0.25, 0.3) is 5.91 Å². The zero-order valence-electron chi connectivity index (χ0n) is 15.8. The number of hydrogen-bond donors (Lipinski definition) is 1. The Balaban J connectivity index is 1.90. The zero-order chi connectivity index (χ0) is 19.6. The molecule has 5 rings (SSSR count). The molecule has 0 saturated heterocycles. The molecule has 0 aliphatic carbocycles. The number of nitrogens with one attached hydrogen (secondary N) is 1. The maximum absolute atomic E-state index is 13.8. The van der Waals surface area contributed by atoms with E-state index in [9.17, 15) is 9.59 Å². The number of anilines is 1. The molecule has 1 spiro atoms. The summed E-state index contributed by atoms with van der Waals surface area (Å²) in [5, 5.41) is 1.68. The fraction of sp³-hybridized carbons (Fsp3) is 0.273. The summed E-state index contributed by atoms with van der Waals surface area (Å²) in [5.74, 6) is -0.130. The molecule has 0 unspecified atom stereocenters. The minimum atomic E-state index is -1.16. The molecule has 2 aliphatic heterocycles. The van der Waals surface area contributed by atoms with Gasteiger partial charge in [-0.25, -0.2) is 0 Å². The molecule has 3 aromatic rings. The topological polar surface area (TPSA) is 56.4 Å². The molecule has 1 aromatic heterocycles. The van der Waals surface area contributed by atoms with Gasteiger partial charge in [0.1, 0.15) is 0 Å². The molecule has 2 aromatic carbocycles. The van der Waals surface area contributed by atoms with Crippen molar-refractivity contribution < 1.29 is 9.59 Å². The molecule has 1 atom stereocenters. The summed E-state index contributed by atoms with van der Waals surface area (Å²) in [7, 11) is 1.78. The Morgan fingerprint density at radius 2 is 2.04 bits per heavy atom. The molecule has 5 nitrogen and oxygen atoms in total. The molecule has 0 fully saturated rings. The highest BCUT2D eigenvalue weighted by Gasteiger charge is 2.59. The Kier molecular flexibility index (Phi) is 3.62. The van der Waals surface area contributed by atoms with Gasteiger partial charge in [-0.05, 0) is 36.2 Å². The molecule has 0 radical (unpaired) electrons. The van der Waals surface area contributed by atoms with Crippen LogP contribution in [0.4, 0.5) is 5.69 Å². The summed E-state index contributed by atoms with van der Waals surface area (Å²) in [4.78, 5) is 33.7. The molecule has 0 bridgehead atoms. The second-order valence-electron chi connectivity index (χ2n) is 7.41. The Morgan fingerprint density at radius 1 is 1.25 bits per heavy atom. The van der Waals surface area contributed by atoms with Crippen molar-refractivity contribution in [1.82, 2.24) is 9.88 Å². The van der Waals surface area contributed by atoms with Crippen LogP contribution in [0.2, 0.25) is 5.02 Å². The molecule has 0 saturated carbocycles. The van der Waals surface area contributed by atoms with E-state index in [-0.39, 0.29) is 11.8 Å². The van der Waals surface area contributed by atoms with Crippen molar-refractivity contribution >= 4 is 40.0 Å². The number of carbonyl (C=O) groups is 2. The Bertz CT molecular complexity index is 1150. The number of rotatable bonds is 1. The minimum Gasteiger partial charge on any atom is -0.355 e. The molecule has 6 heteroatoms. The standard InChI is InChI=1S/C22H20ClN3O2/c1-3-19(27)26-11-10-14-15-12-13(23)8-9-17(15)24-20(14)22(26)16-6-4-5-7-18(16)25(2)21(22)28/h4-9,12,24H,3,10-11H2,1-2H3/t22-/m1/s1. The van der Waals surface area contributed by atoms with Gasteiger partial charge < -0.3 is 14.8 Å². The number of para-hydroxylation sites is 1. The van der Waals surface area contributed by atoms with Crippen LogP contribution < -0.4 is 4.90 Å². The van der Waals surface area contributed by atoms with Crippen molar-refractivity contribution in [3.05, 3.63) is 64.3 Å². The van der Waals surface area contributed by atoms with Crippen LogP contribution in [0.15, 0.2) is 42.5 Å². The van der Waals surface area contributed by atoms with Gasteiger partial charge >= 0.3 is 0 Å². The van der Waals surface area contributed by atoms with E-state index >= 15 is 0 Å². The van der Waals surface area contributed by atoms with Gasteiger partial charge in [-0.1, -0.05) is 36.7 Å². The maximum atomic E-state index is 13.8. The molecular formula is C22H20ClN3O2. The van der Waals surface area contributed by atoms with E-state index in [0.29, 0.717) is 24.4 Å². The first-order chi connectivity index (χ1) is 13.5. The summed E-state index contributed by atoms with van der Waals surface area (Å²) in [6.07, 6.45) is 1.03. The number of hydrogen-bond acceptors (Lipinski definition) is 2. The lowest BCUT2D eigenvalue weighted by Crippen LogP contribution is -2.58. The molecular weight excluding hydrogens is 374 g/mol. The van der Waals surface area contributed by atoms with E-state index in [0.717, 1.165) is 33.4 Å². The van der Waals surface area contributed by atoms with Crippen LogP contribution in [0.1, 0.15) is 30.2 Å². The van der Waals surface area contributed by atoms with Crippen molar-refractivity contribution in [2.75, 3.05) is 18.5 Å². The van der Waals surface area contributed by atoms with Crippen LogP contribution in [0.25, 0.3) is 10.9 Å². The molecule has 142 valence electrons. The lowest BCUT2D eigenvalue weighted by molar-refractivity contribution is -0.144. The number of aromatic amines is 1. The normalized spacial score (nSPS) is 20.8. The largest absolute Gasteiger partial charge is 0.355 e. The number of benzene rings is 2. The average Bonchev–Trinajstić information content (AvgIpc) is 3.18. The van der Waals surface area contributed by atoms with E-state index < -0.39 is 5.54 Å². The third-order valence-corrected chi connectivity index (χ3v) is 6.33. The van der Waals surface area contributed by atoms with Crippen molar-refractivity contribution in [1.29, 1.82) is 0 Å². The summed E-state index contributed by atoms with van der Waals surface area (Å²) in [5.41, 5.74) is 3.32. The fourth-order valence-corrected chi connectivity index (χ4v) is 5.03. The number of fused-ring (bicyclic) bond motifs is 6. The van der Waals surface area contributed by atoms with E-state index in [2.05, 4.69) is 4.98 Å². The predicted octanol–water partition coefficient (Wildman–Crippen LogP) is 3.84. The Labute approximate surface area is 167 Å². The van der Waals surface area contributed by atoms with Crippen LogP contribution in [0.5, 0.6) is 0 Å². The van der Waals surface area contributed by atoms with Crippen molar-refractivity contribution in [3.8, 4) is 0 Å². The predicted molar refractivity (Wildman–Crippen MR) is 110 cm³/mol. The first-order valence-corrected chi connectivity index (χ1v) is 9.86. The van der Waals surface area contributed by atoms with Crippen LogP contribution in [0.3, 0.4) is 0 Å². The van der Waals surface area contributed by atoms with Gasteiger partial charge in [0.2, 0.25) is 5.91 Å². The quantitative estimate of drug-likeness (QED) is 0.683. The smallest absolute Gasteiger partial charge is 0.263 e. The maximum Gasteiger partial charge on any atom is 0.263 e. The lowest BCUT2D eigenvalue weighted by atomic mass is 9.79.